The van der Waals surface area contributed by atoms with Crippen molar-refractivity contribution < 1.29 is 9.53 Å². The second kappa shape index (κ2) is 14.9. The monoisotopic (exact) mass is 712 g/mol. The van der Waals surface area contributed by atoms with Crippen molar-refractivity contribution in [2.45, 2.75) is 39.7 Å². The van der Waals surface area contributed by atoms with Crippen molar-refractivity contribution in [3.63, 3.8) is 0 Å². The molecule has 1 saturated heterocycles. The molecular weight excluding hydrogens is 665 g/mol. The van der Waals surface area contributed by atoms with E-state index in [9.17, 15) is 4.79 Å². The zero-order chi connectivity index (χ0) is 36.5. The van der Waals surface area contributed by atoms with Gasteiger partial charge in [-0.15, -0.1) is 0 Å². The van der Waals surface area contributed by atoms with Crippen molar-refractivity contribution in [1.82, 2.24) is 34.9 Å². The number of anilines is 5. The first-order valence-corrected chi connectivity index (χ1v) is 18.6. The Morgan fingerprint density at radius 1 is 1.00 bits per heavy atom. The molecule has 8 rings (SSSR count). The lowest BCUT2D eigenvalue weighted by molar-refractivity contribution is 0.0663. The van der Waals surface area contributed by atoms with E-state index in [-0.39, 0.29) is 5.91 Å². The number of para-hydroxylation sites is 1. The number of nitrogens with one attached hydrogen (secondary N) is 3. The summed E-state index contributed by atoms with van der Waals surface area (Å²) in [5.74, 6) is 2.70. The van der Waals surface area contributed by atoms with Crippen LogP contribution in [0.1, 0.15) is 45.5 Å². The second-order valence-corrected chi connectivity index (χ2v) is 14.5. The lowest BCUT2D eigenvalue weighted by Crippen LogP contribution is -2.42. The topological polar surface area (TPSA) is 116 Å². The number of likely N-dealkylation sites (tertiary alicyclic amines) is 1. The fourth-order valence-electron chi connectivity index (χ4n) is 7.88. The van der Waals surface area contributed by atoms with E-state index >= 15 is 0 Å². The van der Waals surface area contributed by atoms with Crippen molar-refractivity contribution in [1.29, 1.82) is 0 Å². The lowest BCUT2D eigenvalue weighted by Gasteiger charge is -2.37. The molecule has 53 heavy (non-hydrogen) atoms. The van der Waals surface area contributed by atoms with Crippen LogP contribution in [0.3, 0.4) is 0 Å². The molecule has 12 nitrogen and oxygen atoms in total. The zero-order valence-corrected chi connectivity index (χ0v) is 31.0. The molecule has 274 valence electrons. The normalized spacial score (nSPS) is 16.5. The first-order chi connectivity index (χ1) is 25.8. The largest absolute Gasteiger partial charge is 0.495 e. The molecule has 5 aromatic rings. The highest BCUT2D eigenvalue weighted by molar-refractivity contribution is 5.96. The number of hydrogen-bond donors (Lipinski definition) is 3. The molecule has 0 bridgehead atoms. The summed E-state index contributed by atoms with van der Waals surface area (Å²) in [7, 11) is 3.58. The number of methoxy groups -OCH3 is 1. The highest BCUT2D eigenvalue weighted by Gasteiger charge is 2.27. The minimum atomic E-state index is 0.0919. The Hall–Kier alpha value is -5.46. The number of ether oxygens (including phenoxy) is 1. The SMILES string of the molecule is COc1ccc(C(=O)N2CCC(CN3CCc4ccc(Nc5ncc6c(Nc7c(C)cccc7C)nn(C)c6n5)cc4C3)CC2)cc1N1C=CCNC1. The number of hydrogen-bond acceptors (Lipinski definition) is 10. The van der Waals surface area contributed by atoms with E-state index in [0.717, 1.165) is 109 Å². The molecule has 1 amide bonds. The van der Waals surface area contributed by atoms with Crippen LogP contribution in [0.4, 0.5) is 28.8 Å². The fraction of sp³-hybridized carbons (Fsp3) is 0.366. The van der Waals surface area contributed by atoms with Gasteiger partial charge >= 0.3 is 0 Å². The van der Waals surface area contributed by atoms with Crippen LogP contribution in [0.2, 0.25) is 0 Å². The number of carbonyl (C=O) groups excluding carboxylic acids is 1. The molecule has 0 saturated carbocycles. The third-order valence-electron chi connectivity index (χ3n) is 10.8. The summed E-state index contributed by atoms with van der Waals surface area (Å²) in [4.78, 5) is 29.8. The Labute approximate surface area is 310 Å². The number of fused-ring (bicyclic) bond motifs is 2. The third-order valence-corrected chi connectivity index (χ3v) is 10.8. The Morgan fingerprint density at radius 3 is 2.60 bits per heavy atom. The molecule has 3 aliphatic heterocycles. The summed E-state index contributed by atoms with van der Waals surface area (Å²) < 4.78 is 7.41. The molecule has 5 heterocycles. The van der Waals surface area contributed by atoms with Crippen LogP contribution in [0.25, 0.3) is 11.0 Å². The number of rotatable bonds is 9. The van der Waals surface area contributed by atoms with E-state index in [1.165, 1.54) is 11.1 Å². The van der Waals surface area contributed by atoms with E-state index < -0.39 is 0 Å². The van der Waals surface area contributed by atoms with E-state index in [0.29, 0.717) is 24.1 Å². The summed E-state index contributed by atoms with van der Waals surface area (Å²) in [5, 5.41) is 15.9. The Bertz CT molecular complexity index is 2150. The summed E-state index contributed by atoms with van der Waals surface area (Å²) in [6, 6.07) is 18.6. The Kier molecular flexibility index (Phi) is 9.72. The molecular formula is C41H48N10O2. The van der Waals surface area contributed by atoms with Crippen molar-refractivity contribution in [3.8, 4) is 5.75 Å². The predicted octanol–water partition coefficient (Wildman–Crippen LogP) is 6.27. The summed E-state index contributed by atoms with van der Waals surface area (Å²) in [5.41, 5.74) is 9.45. The summed E-state index contributed by atoms with van der Waals surface area (Å²) in [6.45, 7) is 10.3. The number of benzene rings is 3. The molecule has 3 N–H and O–H groups in total. The number of carbonyl (C=O) groups is 1. The van der Waals surface area contributed by atoms with E-state index in [1.54, 1.807) is 11.8 Å². The van der Waals surface area contributed by atoms with Crippen LogP contribution in [0.5, 0.6) is 5.75 Å². The minimum absolute atomic E-state index is 0.0919. The molecule has 0 atom stereocenters. The smallest absolute Gasteiger partial charge is 0.253 e. The number of aryl methyl sites for hydroxylation is 3. The van der Waals surface area contributed by atoms with E-state index in [4.69, 9.17) is 14.8 Å². The standard InChI is InChI=1S/C41H48N10O2/c1-27-7-5-8-28(2)37(27)45-38-34-23-43-41(46-39(34)48(3)47-38)44-33-11-9-30-15-18-49(25-32(30)21-33)24-29-13-19-50(20-14-29)40(52)31-10-12-36(53-4)35(22-31)51-17-6-16-42-26-51/h5-12,17,21-23,29,42H,13-16,18-20,24-26H2,1-4H3,(H,45,47)(H,43,44,46). The minimum Gasteiger partial charge on any atom is -0.495 e. The van der Waals surface area contributed by atoms with Gasteiger partial charge in [0.1, 0.15) is 5.75 Å². The van der Waals surface area contributed by atoms with E-state index in [1.807, 2.05) is 42.5 Å². The second-order valence-electron chi connectivity index (χ2n) is 14.5. The van der Waals surface area contributed by atoms with Crippen LogP contribution < -0.4 is 25.6 Å². The first kappa shape index (κ1) is 34.6. The van der Waals surface area contributed by atoms with Crippen LogP contribution in [0.15, 0.2) is 73.1 Å². The van der Waals surface area contributed by atoms with Gasteiger partial charge in [0, 0.05) is 75.7 Å². The number of piperidine rings is 1. The number of nitrogens with zero attached hydrogens (tertiary/aromatic N) is 7. The van der Waals surface area contributed by atoms with Crippen molar-refractivity contribution in [2.75, 3.05) is 62.0 Å². The van der Waals surface area contributed by atoms with Crippen molar-refractivity contribution in [3.05, 3.63) is 101 Å². The molecule has 12 heteroatoms. The molecule has 1 fully saturated rings. The molecule has 0 unspecified atom stereocenters. The number of amides is 1. The first-order valence-electron chi connectivity index (χ1n) is 18.6. The highest BCUT2D eigenvalue weighted by atomic mass is 16.5. The van der Waals surface area contributed by atoms with Gasteiger partial charge in [0.05, 0.1) is 24.9 Å². The predicted molar refractivity (Wildman–Crippen MR) is 210 cm³/mol. The van der Waals surface area contributed by atoms with Gasteiger partial charge in [0.15, 0.2) is 11.5 Å². The molecule has 0 spiro atoms. The molecule has 0 aliphatic carbocycles. The average Bonchev–Trinajstić information content (AvgIpc) is 3.50. The fourth-order valence-corrected chi connectivity index (χ4v) is 7.88. The van der Waals surface area contributed by atoms with Gasteiger partial charge in [-0.05, 0) is 91.6 Å². The summed E-state index contributed by atoms with van der Waals surface area (Å²) >= 11 is 0. The van der Waals surface area contributed by atoms with Crippen LogP contribution in [-0.4, -0.2) is 82.0 Å². The van der Waals surface area contributed by atoms with Gasteiger partial charge in [0.2, 0.25) is 5.95 Å². The maximum absolute atomic E-state index is 13.6. The average molecular weight is 713 g/mol. The lowest BCUT2D eigenvalue weighted by atomic mass is 9.93. The molecule has 3 aromatic carbocycles. The van der Waals surface area contributed by atoms with Crippen LogP contribution in [-0.2, 0) is 20.0 Å². The number of aromatic nitrogens is 4. The quantitative estimate of drug-likeness (QED) is 0.162. The zero-order valence-electron chi connectivity index (χ0n) is 31.0. The Morgan fingerprint density at radius 2 is 1.83 bits per heavy atom. The van der Waals surface area contributed by atoms with Crippen LogP contribution >= 0.6 is 0 Å². The van der Waals surface area contributed by atoms with Crippen molar-refractivity contribution >= 4 is 45.8 Å². The maximum Gasteiger partial charge on any atom is 0.253 e. The molecule has 0 radical (unpaired) electrons. The Balaban J connectivity index is 0.877. The molecule has 2 aromatic heterocycles. The van der Waals surface area contributed by atoms with Gasteiger partial charge in [-0.1, -0.05) is 30.3 Å². The van der Waals surface area contributed by atoms with Crippen LogP contribution in [0, 0.1) is 19.8 Å². The van der Waals surface area contributed by atoms with Gasteiger partial charge in [-0.2, -0.15) is 10.1 Å². The summed E-state index contributed by atoms with van der Waals surface area (Å²) in [6.07, 6.45) is 9.00. The van der Waals surface area contributed by atoms with Gasteiger partial charge in [-0.25, -0.2) is 9.67 Å². The van der Waals surface area contributed by atoms with Gasteiger partial charge in [-0.3, -0.25) is 15.0 Å². The van der Waals surface area contributed by atoms with Crippen molar-refractivity contribution in [2.24, 2.45) is 13.0 Å². The third kappa shape index (κ3) is 7.29. The van der Waals surface area contributed by atoms with Gasteiger partial charge in [0.25, 0.3) is 5.91 Å². The molecule has 3 aliphatic rings. The van der Waals surface area contributed by atoms with Gasteiger partial charge < -0.3 is 25.2 Å². The van der Waals surface area contributed by atoms with E-state index in [2.05, 4.69) is 87.1 Å². The maximum atomic E-state index is 13.6. The highest BCUT2D eigenvalue weighted by Crippen LogP contribution is 2.33.